The van der Waals surface area contributed by atoms with Gasteiger partial charge in [0.2, 0.25) is 0 Å². The molecule has 1 aliphatic heterocycles. The van der Waals surface area contributed by atoms with Gasteiger partial charge in [-0.15, -0.1) is 0 Å². The molecule has 0 radical (unpaired) electrons. The van der Waals surface area contributed by atoms with Crippen LogP contribution >= 0.6 is 11.6 Å². The van der Waals surface area contributed by atoms with Crippen LogP contribution in [0.15, 0.2) is 48.5 Å². The van der Waals surface area contributed by atoms with E-state index in [0.29, 0.717) is 18.1 Å². The fourth-order valence-electron chi connectivity index (χ4n) is 3.30. The van der Waals surface area contributed by atoms with Crippen molar-refractivity contribution in [2.24, 2.45) is 0 Å². The molecule has 132 valence electrons. The van der Waals surface area contributed by atoms with Crippen LogP contribution in [0.4, 0.5) is 9.18 Å². The molecule has 0 saturated carbocycles. The zero-order chi connectivity index (χ0) is 17.6. The minimum Gasteiger partial charge on any atom is -0.334 e. The molecule has 2 aromatic rings. The van der Waals surface area contributed by atoms with Gasteiger partial charge < -0.3 is 10.2 Å². The van der Waals surface area contributed by atoms with Gasteiger partial charge >= 0.3 is 6.03 Å². The molecule has 3 nitrogen and oxygen atoms in total. The van der Waals surface area contributed by atoms with Crippen LogP contribution in [-0.4, -0.2) is 17.5 Å². The maximum absolute atomic E-state index is 13.0. The fourth-order valence-corrected chi connectivity index (χ4v) is 3.56. The summed E-state index contributed by atoms with van der Waals surface area (Å²) in [7, 11) is 0. The fraction of sp³-hybridized carbons (Fsp3) is 0.350. The third-order valence-corrected chi connectivity index (χ3v) is 4.98. The molecule has 0 aromatic heterocycles. The van der Waals surface area contributed by atoms with Crippen LogP contribution in [0, 0.1) is 5.82 Å². The van der Waals surface area contributed by atoms with Gasteiger partial charge in [-0.05, 0) is 42.2 Å². The van der Waals surface area contributed by atoms with Crippen molar-refractivity contribution in [1.82, 2.24) is 10.2 Å². The Labute approximate surface area is 152 Å². The largest absolute Gasteiger partial charge is 0.334 e. The smallest absolute Gasteiger partial charge is 0.318 e. The highest BCUT2D eigenvalue weighted by Gasteiger charge is 2.27. The molecule has 25 heavy (non-hydrogen) atoms. The van der Waals surface area contributed by atoms with Gasteiger partial charge in [-0.3, -0.25) is 0 Å². The van der Waals surface area contributed by atoms with Crippen molar-refractivity contribution < 1.29 is 9.18 Å². The van der Waals surface area contributed by atoms with E-state index in [-0.39, 0.29) is 17.9 Å². The molecule has 1 aliphatic rings. The third-order valence-electron chi connectivity index (χ3n) is 4.63. The summed E-state index contributed by atoms with van der Waals surface area (Å²) < 4.78 is 13.0. The lowest BCUT2D eigenvalue weighted by atomic mass is 10.0. The molecule has 1 saturated heterocycles. The number of urea groups is 1. The summed E-state index contributed by atoms with van der Waals surface area (Å²) in [6.07, 6.45) is 4.10. The summed E-state index contributed by atoms with van der Waals surface area (Å²) >= 11 is 6.37. The highest BCUT2D eigenvalue weighted by atomic mass is 35.5. The van der Waals surface area contributed by atoms with Crippen molar-refractivity contribution in [3.63, 3.8) is 0 Å². The van der Waals surface area contributed by atoms with Gasteiger partial charge in [0.25, 0.3) is 0 Å². The van der Waals surface area contributed by atoms with Crippen LogP contribution < -0.4 is 5.32 Å². The normalized spacial score (nSPS) is 17.8. The Kier molecular flexibility index (Phi) is 5.92. The average Bonchev–Trinajstić information content (AvgIpc) is 2.87. The second kappa shape index (κ2) is 8.34. The number of benzene rings is 2. The number of rotatable bonds is 3. The first kappa shape index (κ1) is 17.7. The van der Waals surface area contributed by atoms with Crippen LogP contribution in [0.2, 0.25) is 5.02 Å². The van der Waals surface area contributed by atoms with E-state index in [1.165, 1.54) is 12.1 Å². The van der Waals surface area contributed by atoms with Crippen LogP contribution in [0.3, 0.4) is 0 Å². The van der Waals surface area contributed by atoms with Crippen molar-refractivity contribution in [3.8, 4) is 0 Å². The first-order chi connectivity index (χ1) is 12.1. The van der Waals surface area contributed by atoms with Crippen molar-refractivity contribution in [1.29, 1.82) is 0 Å². The molecular formula is C20H22ClFN2O. The van der Waals surface area contributed by atoms with Gasteiger partial charge in [-0.25, -0.2) is 9.18 Å². The molecule has 1 N–H and O–H groups in total. The Morgan fingerprint density at radius 3 is 2.64 bits per heavy atom. The SMILES string of the molecule is O=C(NCc1ccc(F)cc1)N1CCCCC[C@H]1c1ccccc1Cl. The van der Waals surface area contributed by atoms with Crippen LogP contribution in [0.5, 0.6) is 0 Å². The van der Waals surface area contributed by atoms with E-state index in [4.69, 9.17) is 11.6 Å². The summed E-state index contributed by atoms with van der Waals surface area (Å²) in [4.78, 5) is 14.7. The molecule has 1 fully saturated rings. The highest BCUT2D eigenvalue weighted by Crippen LogP contribution is 2.34. The number of amides is 2. The number of nitrogens with one attached hydrogen (secondary N) is 1. The summed E-state index contributed by atoms with van der Waals surface area (Å²) in [6, 6.07) is 13.8. The number of hydrogen-bond acceptors (Lipinski definition) is 1. The van der Waals surface area contributed by atoms with E-state index in [9.17, 15) is 9.18 Å². The van der Waals surface area contributed by atoms with Gasteiger partial charge in [0.15, 0.2) is 0 Å². The van der Waals surface area contributed by atoms with Crippen molar-refractivity contribution in [2.45, 2.75) is 38.3 Å². The van der Waals surface area contributed by atoms with Crippen molar-refractivity contribution in [2.75, 3.05) is 6.54 Å². The number of carbonyl (C=O) groups excluding carboxylic acids is 1. The number of halogens is 2. The maximum atomic E-state index is 13.0. The van der Waals surface area contributed by atoms with Crippen LogP contribution in [0.1, 0.15) is 42.9 Å². The van der Waals surface area contributed by atoms with Gasteiger partial charge in [0, 0.05) is 18.1 Å². The van der Waals surface area contributed by atoms with E-state index in [1.807, 2.05) is 29.2 Å². The molecule has 3 rings (SSSR count). The lowest BCUT2D eigenvalue weighted by Crippen LogP contribution is -2.42. The molecule has 1 heterocycles. The lowest BCUT2D eigenvalue weighted by molar-refractivity contribution is 0.175. The summed E-state index contributed by atoms with van der Waals surface area (Å²) in [5.74, 6) is -0.277. The summed E-state index contributed by atoms with van der Waals surface area (Å²) in [6.45, 7) is 1.09. The summed E-state index contributed by atoms with van der Waals surface area (Å²) in [5.41, 5.74) is 1.88. The lowest BCUT2D eigenvalue weighted by Gasteiger charge is -2.31. The molecule has 5 heteroatoms. The average molecular weight is 361 g/mol. The number of nitrogens with zero attached hydrogens (tertiary/aromatic N) is 1. The molecule has 2 aromatic carbocycles. The van der Waals surface area contributed by atoms with Crippen LogP contribution in [-0.2, 0) is 6.54 Å². The zero-order valence-electron chi connectivity index (χ0n) is 14.1. The van der Waals surface area contributed by atoms with Crippen molar-refractivity contribution in [3.05, 3.63) is 70.5 Å². The summed E-state index contributed by atoms with van der Waals surface area (Å²) in [5, 5.41) is 3.66. The number of likely N-dealkylation sites (tertiary alicyclic amines) is 1. The van der Waals surface area contributed by atoms with Gasteiger partial charge in [-0.2, -0.15) is 0 Å². The van der Waals surface area contributed by atoms with Gasteiger partial charge in [0.05, 0.1) is 6.04 Å². The Hall–Kier alpha value is -2.07. The van der Waals surface area contributed by atoms with Crippen molar-refractivity contribution >= 4 is 17.6 Å². The molecule has 0 spiro atoms. The van der Waals surface area contributed by atoms with Gasteiger partial charge in [-0.1, -0.05) is 54.8 Å². The van der Waals surface area contributed by atoms with E-state index in [0.717, 1.165) is 36.8 Å². The molecule has 1 atom stereocenters. The third kappa shape index (κ3) is 4.51. The molecule has 0 unspecified atom stereocenters. The Bertz CT molecular complexity index is 720. The van der Waals surface area contributed by atoms with E-state index >= 15 is 0 Å². The first-order valence-electron chi connectivity index (χ1n) is 8.68. The molecule has 2 amide bonds. The first-order valence-corrected chi connectivity index (χ1v) is 9.06. The Morgan fingerprint density at radius 1 is 1.12 bits per heavy atom. The monoisotopic (exact) mass is 360 g/mol. The minimum atomic E-state index is -0.277. The Balaban J connectivity index is 1.73. The predicted octanol–water partition coefficient (Wildman–Crippen LogP) is 5.31. The van der Waals surface area contributed by atoms with E-state index in [2.05, 4.69) is 5.32 Å². The quantitative estimate of drug-likeness (QED) is 0.790. The molecular weight excluding hydrogens is 339 g/mol. The maximum Gasteiger partial charge on any atom is 0.318 e. The second-order valence-electron chi connectivity index (χ2n) is 6.37. The number of hydrogen-bond donors (Lipinski definition) is 1. The Morgan fingerprint density at radius 2 is 1.88 bits per heavy atom. The standard InChI is InChI=1S/C20H22ClFN2O/c21-18-7-4-3-6-17(18)19-8-2-1-5-13-24(19)20(25)23-14-15-9-11-16(22)12-10-15/h3-4,6-7,9-12,19H,1-2,5,8,13-14H2,(H,23,25)/t19-/m0/s1. The van der Waals surface area contributed by atoms with Gasteiger partial charge in [0.1, 0.15) is 5.82 Å². The molecule has 0 bridgehead atoms. The molecule has 0 aliphatic carbocycles. The van der Waals surface area contributed by atoms with Crippen LogP contribution in [0.25, 0.3) is 0 Å². The number of carbonyl (C=O) groups is 1. The van der Waals surface area contributed by atoms with E-state index in [1.54, 1.807) is 12.1 Å². The highest BCUT2D eigenvalue weighted by molar-refractivity contribution is 6.31. The zero-order valence-corrected chi connectivity index (χ0v) is 14.8. The topological polar surface area (TPSA) is 32.3 Å². The van der Waals surface area contributed by atoms with E-state index < -0.39 is 0 Å². The predicted molar refractivity (Wildman–Crippen MR) is 98.0 cm³/mol. The second-order valence-corrected chi connectivity index (χ2v) is 6.77. The minimum absolute atomic E-state index is 0.00980.